The van der Waals surface area contributed by atoms with Gasteiger partial charge in [0.1, 0.15) is 12.2 Å². The normalized spacial score (nSPS) is 37.3. The van der Waals surface area contributed by atoms with E-state index in [0.717, 1.165) is 12.8 Å². The summed E-state index contributed by atoms with van der Waals surface area (Å²) in [5, 5.41) is 10.6. The number of ether oxygens (including phenoxy) is 4. The molecule has 2 aliphatic rings. The second-order valence-corrected chi connectivity index (χ2v) is 6.88. The zero-order valence-corrected chi connectivity index (χ0v) is 14.5. The molecule has 0 aromatic rings. The lowest BCUT2D eigenvalue weighted by atomic mass is 10.1. The highest BCUT2D eigenvalue weighted by Crippen LogP contribution is 2.36. The highest BCUT2D eigenvalue weighted by Gasteiger charge is 2.46. The Morgan fingerprint density at radius 2 is 1.57 bits per heavy atom. The highest BCUT2D eigenvalue weighted by molar-refractivity contribution is 5.64. The standard InChI is InChI=1S/C17H30O6/c1-4-5-6-7-9-16(2)20-11-13(22-16)14-12-21-17(3,23-14)10-8-15(18)19/h13-14H,4-12H2,1-3H3,(H,18,19)/p-1. The molecule has 2 heterocycles. The first-order valence-electron chi connectivity index (χ1n) is 8.69. The number of carbonyl (C=O) groups excluding carboxylic acids is 1. The smallest absolute Gasteiger partial charge is 0.166 e. The minimum absolute atomic E-state index is 0.0829. The van der Waals surface area contributed by atoms with E-state index >= 15 is 0 Å². The zero-order chi connectivity index (χ0) is 16.9. The number of rotatable bonds is 9. The Morgan fingerprint density at radius 1 is 1.00 bits per heavy atom. The summed E-state index contributed by atoms with van der Waals surface area (Å²) >= 11 is 0. The van der Waals surface area contributed by atoms with E-state index < -0.39 is 17.5 Å². The van der Waals surface area contributed by atoms with Crippen LogP contribution in [0.2, 0.25) is 0 Å². The number of carbonyl (C=O) groups is 1. The molecule has 0 radical (unpaired) electrons. The van der Waals surface area contributed by atoms with Gasteiger partial charge in [0, 0.05) is 18.8 Å². The molecule has 0 spiro atoms. The van der Waals surface area contributed by atoms with Crippen LogP contribution < -0.4 is 5.11 Å². The summed E-state index contributed by atoms with van der Waals surface area (Å²) in [5.74, 6) is -2.53. The second kappa shape index (κ2) is 7.92. The van der Waals surface area contributed by atoms with E-state index in [0.29, 0.717) is 13.2 Å². The quantitative estimate of drug-likeness (QED) is 0.600. The fourth-order valence-corrected chi connectivity index (χ4v) is 3.12. The molecule has 0 aliphatic carbocycles. The van der Waals surface area contributed by atoms with Crippen LogP contribution in [-0.2, 0) is 23.7 Å². The Balaban J connectivity index is 1.77. The van der Waals surface area contributed by atoms with Gasteiger partial charge in [-0.05, 0) is 26.7 Å². The van der Waals surface area contributed by atoms with Crippen LogP contribution in [0.3, 0.4) is 0 Å². The lowest BCUT2D eigenvalue weighted by molar-refractivity contribution is -0.307. The lowest BCUT2D eigenvalue weighted by Crippen LogP contribution is -2.36. The topological polar surface area (TPSA) is 77.1 Å². The molecule has 0 aromatic heterocycles. The third-order valence-electron chi connectivity index (χ3n) is 4.59. The fraction of sp³-hybridized carbons (Fsp3) is 0.941. The maximum Gasteiger partial charge on any atom is 0.166 e. The minimum atomic E-state index is -1.10. The van der Waals surface area contributed by atoms with Crippen LogP contribution in [0.25, 0.3) is 0 Å². The van der Waals surface area contributed by atoms with E-state index in [1.54, 1.807) is 6.92 Å². The summed E-state index contributed by atoms with van der Waals surface area (Å²) in [4.78, 5) is 10.6. The minimum Gasteiger partial charge on any atom is -0.550 e. The van der Waals surface area contributed by atoms with Crippen molar-refractivity contribution in [3.05, 3.63) is 0 Å². The Bertz CT molecular complexity index is 401. The molecule has 6 heteroatoms. The Labute approximate surface area is 138 Å². The molecule has 2 fully saturated rings. The van der Waals surface area contributed by atoms with Gasteiger partial charge in [-0.1, -0.05) is 26.2 Å². The van der Waals surface area contributed by atoms with Gasteiger partial charge in [-0.25, -0.2) is 0 Å². The van der Waals surface area contributed by atoms with Gasteiger partial charge >= 0.3 is 0 Å². The Morgan fingerprint density at radius 3 is 2.09 bits per heavy atom. The Kier molecular flexibility index (Phi) is 6.42. The van der Waals surface area contributed by atoms with E-state index in [4.69, 9.17) is 18.9 Å². The number of hydrogen-bond acceptors (Lipinski definition) is 6. The number of unbranched alkanes of at least 4 members (excludes halogenated alkanes) is 3. The van der Waals surface area contributed by atoms with Crippen LogP contribution in [0.4, 0.5) is 0 Å². The van der Waals surface area contributed by atoms with E-state index in [-0.39, 0.29) is 25.0 Å². The molecule has 4 atom stereocenters. The van der Waals surface area contributed by atoms with Crippen molar-refractivity contribution in [1.29, 1.82) is 0 Å². The van der Waals surface area contributed by atoms with Gasteiger partial charge in [0.05, 0.1) is 13.2 Å². The van der Waals surface area contributed by atoms with Crippen molar-refractivity contribution in [3.8, 4) is 0 Å². The molecule has 134 valence electrons. The molecule has 0 aromatic carbocycles. The average molecular weight is 329 g/mol. The fourth-order valence-electron chi connectivity index (χ4n) is 3.12. The highest BCUT2D eigenvalue weighted by atomic mass is 16.8. The second-order valence-electron chi connectivity index (χ2n) is 6.88. The molecule has 0 amide bonds. The number of carboxylic acids is 1. The molecule has 0 N–H and O–H groups in total. The summed E-state index contributed by atoms with van der Waals surface area (Å²) in [6, 6.07) is 0. The summed E-state index contributed by atoms with van der Waals surface area (Å²) < 4.78 is 23.5. The third-order valence-corrected chi connectivity index (χ3v) is 4.59. The van der Waals surface area contributed by atoms with Gasteiger partial charge in [-0.2, -0.15) is 0 Å². The number of hydrogen-bond donors (Lipinski definition) is 0. The SMILES string of the molecule is CCCCCCC1(C)OCC(C2COC(C)(CCC(=O)[O-])O2)O1. The predicted octanol–water partition coefficient (Wildman–Crippen LogP) is 1.75. The average Bonchev–Trinajstić information content (AvgIpc) is 3.07. The van der Waals surface area contributed by atoms with Crippen LogP contribution in [0.1, 0.15) is 65.7 Å². The van der Waals surface area contributed by atoms with Crippen molar-refractivity contribution in [3.63, 3.8) is 0 Å². The van der Waals surface area contributed by atoms with Gasteiger partial charge < -0.3 is 28.8 Å². The van der Waals surface area contributed by atoms with Crippen LogP contribution >= 0.6 is 0 Å². The summed E-state index contributed by atoms with van der Waals surface area (Å²) in [5.41, 5.74) is 0. The van der Waals surface area contributed by atoms with Gasteiger partial charge in [-0.15, -0.1) is 0 Å². The third kappa shape index (κ3) is 5.41. The van der Waals surface area contributed by atoms with E-state index in [2.05, 4.69) is 6.92 Å². The van der Waals surface area contributed by atoms with Crippen molar-refractivity contribution in [2.24, 2.45) is 0 Å². The Hall–Kier alpha value is -0.690. The van der Waals surface area contributed by atoms with Crippen molar-refractivity contribution >= 4 is 5.97 Å². The summed E-state index contributed by atoms with van der Waals surface area (Å²) in [6.45, 7) is 6.80. The molecular weight excluding hydrogens is 300 g/mol. The van der Waals surface area contributed by atoms with Crippen molar-refractivity contribution in [2.75, 3.05) is 13.2 Å². The van der Waals surface area contributed by atoms with Crippen LogP contribution in [0.15, 0.2) is 0 Å². The van der Waals surface area contributed by atoms with Gasteiger partial charge in [0.25, 0.3) is 0 Å². The monoisotopic (exact) mass is 329 g/mol. The summed E-state index contributed by atoms with van der Waals surface area (Å²) in [6.07, 6.45) is 5.38. The molecule has 4 unspecified atom stereocenters. The maximum absolute atomic E-state index is 10.6. The first-order chi connectivity index (χ1) is 10.9. The van der Waals surface area contributed by atoms with Crippen LogP contribution in [0, 0.1) is 0 Å². The molecule has 2 aliphatic heterocycles. The molecule has 6 nitrogen and oxygen atoms in total. The molecule has 0 bridgehead atoms. The van der Waals surface area contributed by atoms with E-state index in [1.165, 1.54) is 19.3 Å². The molecule has 0 saturated carbocycles. The largest absolute Gasteiger partial charge is 0.550 e. The number of aliphatic carboxylic acids is 1. The molecule has 2 saturated heterocycles. The zero-order valence-electron chi connectivity index (χ0n) is 14.5. The van der Waals surface area contributed by atoms with Crippen LogP contribution in [-0.4, -0.2) is 43.0 Å². The van der Waals surface area contributed by atoms with Gasteiger partial charge in [0.15, 0.2) is 11.6 Å². The van der Waals surface area contributed by atoms with Crippen molar-refractivity contribution < 1.29 is 28.8 Å². The number of carboxylic acid groups (broad SMARTS) is 1. The van der Waals surface area contributed by atoms with Gasteiger partial charge in [0.2, 0.25) is 0 Å². The first kappa shape index (κ1) is 18.6. The van der Waals surface area contributed by atoms with Crippen LogP contribution in [0.5, 0.6) is 0 Å². The maximum atomic E-state index is 10.6. The first-order valence-corrected chi connectivity index (χ1v) is 8.69. The van der Waals surface area contributed by atoms with E-state index in [9.17, 15) is 9.90 Å². The van der Waals surface area contributed by atoms with Crippen molar-refractivity contribution in [1.82, 2.24) is 0 Å². The lowest BCUT2D eigenvalue weighted by Gasteiger charge is -2.26. The van der Waals surface area contributed by atoms with Gasteiger partial charge in [-0.3, -0.25) is 0 Å². The van der Waals surface area contributed by atoms with E-state index in [1.807, 2.05) is 6.92 Å². The molecule has 2 rings (SSSR count). The van der Waals surface area contributed by atoms with Crippen molar-refractivity contribution in [2.45, 2.75) is 89.5 Å². The molecule has 23 heavy (non-hydrogen) atoms. The summed E-state index contributed by atoms with van der Waals surface area (Å²) in [7, 11) is 0. The molecular formula is C17H29O6-. The predicted molar refractivity (Wildman–Crippen MR) is 81.5 cm³/mol.